The number of rotatable bonds is 7. The van der Waals surface area contributed by atoms with Crippen LogP contribution >= 0.6 is 0 Å². The molecule has 0 rings (SSSR count). The van der Waals surface area contributed by atoms with Gasteiger partial charge < -0.3 is 9.47 Å². The predicted octanol–water partition coefficient (Wildman–Crippen LogP) is 0.395. The van der Waals surface area contributed by atoms with E-state index in [9.17, 15) is 18.0 Å². The molecule has 0 fully saturated rings. The standard InChI is InChI=1S/C10H18O7S/c1-4-7(2)6-17-10(12)8(18(13,14)15)5-9(11)16-3/h7-8H,4-6H2,1-3H3,(H,13,14,15). The van der Waals surface area contributed by atoms with Crippen molar-refractivity contribution in [2.45, 2.75) is 31.9 Å². The lowest BCUT2D eigenvalue weighted by Gasteiger charge is -2.14. The van der Waals surface area contributed by atoms with Crippen LogP contribution in [0, 0.1) is 5.92 Å². The second-order valence-corrected chi connectivity index (χ2v) is 5.53. The first kappa shape index (κ1) is 16.9. The van der Waals surface area contributed by atoms with E-state index in [0.29, 0.717) is 0 Å². The van der Waals surface area contributed by atoms with Crippen molar-refractivity contribution in [3.63, 3.8) is 0 Å². The van der Waals surface area contributed by atoms with Crippen LogP contribution in [-0.4, -0.2) is 43.9 Å². The quantitative estimate of drug-likeness (QED) is 0.531. The summed E-state index contributed by atoms with van der Waals surface area (Å²) >= 11 is 0. The van der Waals surface area contributed by atoms with Crippen LogP contribution in [0.15, 0.2) is 0 Å². The number of methoxy groups -OCH3 is 1. The third kappa shape index (κ3) is 5.97. The van der Waals surface area contributed by atoms with Gasteiger partial charge in [-0.1, -0.05) is 20.3 Å². The maximum absolute atomic E-state index is 11.5. The molecule has 0 spiro atoms. The smallest absolute Gasteiger partial charge is 0.327 e. The maximum Gasteiger partial charge on any atom is 0.327 e. The summed E-state index contributed by atoms with van der Waals surface area (Å²) in [6.45, 7) is 3.73. The Labute approximate surface area is 106 Å². The van der Waals surface area contributed by atoms with Crippen LogP contribution in [0.3, 0.4) is 0 Å². The van der Waals surface area contributed by atoms with Gasteiger partial charge in [-0.25, -0.2) is 0 Å². The number of carbonyl (C=O) groups excluding carboxylic acids is 2. The van der Waals surface area contributed by atoms with Gasteiger partial charge in [0.1, 0.15) is 0 Å². The summed E-state index contributed by atoms with van der Waals surface area (Å²) in [5.74, 6) is -2.00. The van der Waals surface area contributed by atoms with Crippen LogP contribution in [-0.2, 0) is 29.2 Å². The van der Waals surface area contributed by atoms with Gasteiger partial charge in [-0.3, -0.25) is 14.1 Å². The first-order valence-electron chi connectivity index (χ1n) is 5.42. The zero-order valence-corrected chi connectivity index (χ0v) is 11.4. The van der Waals surface area contributed by atoms with E-state index < -0.39 is 33.7 Å². The van der Waals surface area contributed by atoms with Crippen molar-refractivity contribution in [3.05, 3.63) is 0 Å². The Kier molecular flexibility index (Phi) is 6.85. The molecule has 0 aromatic carbocycles. The zero-order valence-electron chi connectivity index (χ0n) is 10.6. The molecular formula is C10H18O7S. The minimum absolute atomic E-state index is 0.0303. The van der Waals surface area contributed by atoms with Gasteiger partial charge >= 0.3 is 11.9 Å². The SMILES string of the molecule is CCC(C)COC(=O)C(CC(=O)OC)S(=O)(=O)O. The van der Waals surface area contributed by atoms with Gasteiger partial charge in [0, 0.05) is 0 Å². The Bertz CT molecular complexity index is 387. The molecule has 106 valence electrons. The molecule has 0 radical (unpaired) electrons. The average molecular weight is 282 g/mol. The molecular weight excluding hydrogens is 264 g/mol. The summed E-state index contributed by atoms with van der Waals surface area (Å²) in [6.07, 6.45) is -0.0184. The number of hydrogen-bond donors (Lipinski definition) is 1. The highest BCUT2D eigenvalue weighted by Crippen LogP contribution is 2.10. The van der Waals surface area contributed by atoms with Crippen molar-refractivity contribution in [2.24, 2.45) is 5.92 Å². The van der Waals surface area contributed by atoms with Crippen LogP contribution < -0.4 is 0 Å². The molecule has 0 aliphatic heterocycles. The predicted molar refractivity (Wildman–Crippen MR) is 62.4 cm³/mol. The fourth-order valence-corrected chi connectivity index (χ4v) is 1.64. The Morgan fingerprint density at radius 1 is 1.33 bits per heavy atom. The Morgan fingerprint density at radius 3 is 2.28 bits per heavy atom. The molecule has 0 heterocycles. The van der Waals surface area contributed by atoms with Crippen molar-refractivity contribution >= 4 is 22.1 Å². The van der Waals surface area contributed by atoms with E-state index in [0.717, 1.165) is 13.5 Å². The average Bonchev–Trinajstić information content (AvgIpc) is 2.30. The van der Waals surface area contributed by atoms with Crippen molar-refractivity contribution < 1.29 is 32.0 Å². The Morgan fingerprint density at radius 2 is 1.89 bits per heavy atom. The van der Waals surface area contributed by atoms with Crippen molar-refractivity contribution in [1.29, 1.82) is 0 Å². The Hall–Kier alpha value is -1.15. The number of carbonyl (C=O) groups is 2. The lowest BCUT2D eigenvalue weighted by atomic mass is 10.1. The highest BCUT2D eigenvalue weighted by molar-refractivity contribution is 7.87. The van der Waals surface area contributed by atoms with Crippen LogP contribution in [0.2, 0.25) is 0 Å². The minimum Gasteiger partial charge on any atom is -0.469 e. The van der Waals surface area contributed by atoms with E-state index >= 15 is 0 Å². The molecule has 7 nitrogen and oxygen atoms in total. The third-order valence-electron chi connectivity index (χ3n) is 2.41. The molecule has 18 heavy (non-hydrogen) atoms. The molecule has 8 heteroatoms. The summed E-state index contributed by atoms with van der Waals surface area (Å²) in [5.41, 5.74) is 0. The molecule has 0 amide bonds. The number of ether oxygens (including phenoxy) is 2. The molecule has 0 aliphatic rings. The van der Waals surface area contributed by atoms with Crippen LogP contribution in [0.25, 0.3) is 0 Å². The molecule has 1 N–H and O–H groups in total. The molecule has 2 atom stereocenters. The minimum atomic E-state index is -4.70. The second-order valence-electron chi connectivity index (χ2n) is 3.93. The Balaban J connectivity index is 4.67. The maximum atomic E-state index is 11.5. The fourth-order valence-electron chi connectivity index (χ4n) is 0.980. The number of hydrogen-bond acceptors (Lipinski definition) is 6. The van der Waals surface area contributed by atoms with Gasteiger partial charge in [-0.15, -0.1) is 0 Å². The highest BCUT2D eigenvalue weighted by Gasteiger charge is 2.35. The summed E-state index contributed by atoms with van der Waals surface area (Å²) < 4.78 is 39.8. The van der Waals surface area contributed by atoms with Gasteiger partial charge in [0.05, 0.1) is 20.1 Å². The molecule has 0 aliphatic carbocycles. The van der Waals surface area contributed by atoms with E-state index in [1.54, 1.807) is 0 Å². The normalized spacial score (nSPS) is 14.7. The van der Waals surface area contributed by atoms with Gasteiger partial charge in [0.2, 0.25) is 0 Å². The van der Waals surface area contributed by atoms with Crippen molar-refractivity contribution in [2.75, 3.05) is 13.7 Å². The first-order valence-corrected chi connectivity index (χ1v) is 6.92. The van der Waals surface area contributed by atoms with E-state index in [2.05, 4.69) is 4.74 Å². The summed E-state index contributed by atoms with van der Waals surface area (Å²) in [5, 5.41) is -1.94. The molecule has 0 saturated heterocycles. The largest absolute Gasteiger partial charge is 0.469 e. The summed E-state index contributed by atoms with van der Waals surface area (Å²) in [4.78, 5) is 22.5. The third-order valence-corrected chi connectivity index (χ3v) is 3.49. The topological polar surface area (TPSA) is 107 Å². The van der Waals surface area contributed by atoms with E-state index in [-0.39, 0.29) is 12.5 Å². The molecule has 2 unspecified atom stereocenters. The van der Waals surface area contributed by atoms with Crippen LogP contribution in [0.4, 0.5) is 0 Å². The van der Waals surface area contributed by atoms with E-state index in [1.165, 1.54) is 0 Å². The van der Waals surface area contributed by atoms with Gasteiger partial charge in [-0.2, -0.15) is 8.42 Å². The fraction of sp³-hybridized carbons (Fsp3) is 0.800. The van der Waals surface area contributed by atoms with Crippen molar-refractivity contribution in [1.82, 2.24) is 0 Å². The second kappa shape index (κ2) is 7.32. The van der Waals surface area contributed by atoms with Crippen LogP contribution in [0.5, 0.6) is 0 Å². The van der Waals surface area contributed by atoms with E-state index in [1.807, 2.05) is 13.8 Å². The first-order chi connectivity index (χ1) is 8.22. The monoisotopic (exact) mass is 282 g/mol. The summed E-state index contributed by atoms with van der Waals surface area (Å²) in [7, 11) is -3.65. The van der Waals surface area contributed by atoms with Gasteiger partial charge in [0.25, 0.3) is 10.1 Å². The van der Waals surface area contributed by atoms with Crippen LogP contribution in [0.1, 0.15) is 26.7 Å². The molecule has 0 saturated carbocycles. The highest BCUT2D eigenvalue weighted by atomic mass is 32.2. The van der Waals surface area contributed by atoms with Crippen molar-refractivity contribution in [3.8, 4) is 0 Å². The van der Waals surface area contributed by atoms with E-state index in [4.69, 9.17) is 9.29 Å². The lowest BCUT2D eigenvalue weighted by Crippen LogP contribution is -2.35. The molecule has 0 aromatic rings. The summed E-state index contributed by atoms with van der Waals surface area (Å²) in [6, 6.07) is 0. The number of esters is 2. The molecule has 0 bridgehead atoms. The van der Waals surface area contributed by atoms with Gasteiger partial charge in [0.15, 0.2) is 5.25 Å². The zero-order chi connectivity index (χ0) is 14.3. The molecule has 0 aromatic heterocycles. The van der Waals surface area contributed by atoms with Gasteiger partial charge in [-0.05, 0) is 5.92 Å². The lowest BCUT2D eigenvalue weighted by molar-refractivity contribution is -0.149.